The highest BCUT2D eigenvalue weighted by molar-refractivity contribution is 8.00. The molecule has 0 radical (unpaired) electrons. The summed E-state index contributed by atoms with van der Waals surface area (Å²) in [6.45, 7) is 4.60. The number of hydrogen-bond donors (Lipinski definition) is 5. The molecule has 4 amide bonds. The number of aliphatic hydroxyl groups excluding tert-OH is 1. The summed E-state index contributed by atoms with van der Waals surface area (Å²) < 4.78 is 4.11. The predicted octanol–water partition coefficient (Wildman–Crippen LogP) is 5.07. The number of benzene rings is 4. The Morgan fingerprint density at radius 2 is 1.22 bits per heavy atom. The van der Waals surface area contributed by atoms with Crippen molar-refractivity contribution in [2.45, 2.75) is 69.0 Å². The van der Waals surface area contributed by atoms with Crippen LogP contribution in [0.1, 0.15) is 55.9 Å². The lowest BCUT2D eigenvalue weighted by atomic mass is 9.84. The molecule has 0 spiro atoms. The Labute approximate surface area is 345 Å². The van der Waals surface area contributed by atoms with Crippen LogP contribution in [-0.4, -0.2) is 78.3 Å². The van der Waals surface area contributed by atoms with Crippen LogP contribution in [0.4, 0.5) is 0 Å². The van der Waals surface area contributed by atoms with Gasteiger partial charge in [0.25, 0.3) is 0 Å². The van der Waals surface area contributed by atoms with Gasteiger partial charge in [-0.25, -0.2) is 0 Å². The Morgan fingerprint density at radius 1 is 0.707 bits per heavy atom. The van der Waals surface area contributed by atoms with E-state index in [2.05, 4.69) is 62.4 Å². The van der Waals surface area contributed by atoms with Gasteiger partial charge in [-0.2, -0.15) is 0 Å². The van der Waals surface area contributed by atoms with E-state index in [-0.39, 0.29) is 25.3 Å². The number of rotatable bonds is 21. The SMILES string of the molecule is COC(=O)CNC(=O)[C@H](NC(=O)[C@@H](Cc1ccccc1)NC(=O)[C@@H](C)NC(=O)C[C@H](O)C=CCCSC(c1ccccc1)(c1ccccc1)c1ccccc1)C(C)C. The van der Waals surface area contributed by atoms with Crippen LogP contribution in [0.5, 0.6) is 0 Å². The maximum absolute atomic E-state index is 13.6. The lowest BCUT2D eigenvalue weighted by Crippen LogP contribution is -2.58. The smallest absolute Gasteiger partial charge is 0.325 e. The van der Waals surface area contributed by atoms with Gasteiger partial charge >= 0.3 is 5.97 Å². The Morgan fingerprint density at radius 3 is 1.72 bits per heavy atom. The number of aliphatic hydroxyl groups is 1. The van der Waals surface area contributed by atoms with Crippen molar-refractivity contribution < 1.29 is 33.8 Å². The molecule has 0 fully saturated rings. The van der Waals surface area contributed by atoms with Crippen molar-refractivity contribution in [2.24, 2.45) is 5.92 Å². The molecule has 4 aromatic rings. The molecule has 4 rings (SSSR count). The standard InChI is InChI=1S/C46H54N4O7S/c1-32(2)42(45(56)47-31-41(53)57-4)50-44(55)39(29-34-19-9-5-10-20-34)49-43(54)33(3)48-40(52)30-38(51)27-17-18-28-58-46(35-21-11-6-12-22-35,36-23-13-7-14-24-36)37-25-15-8-16-26-37/h5-17,19-27,32-33,38-39,42,51H,18,28-31H2,1-4H3,(H,47,56)(H,48,52)(H,49,54)(H,50,55)/t33-,38-,39-,42-/m1/s1. The first-order valence-corrected chi connectivity index (χ1v) is 20.4. The van der Waals surface area contributed by atoms with E-state index in [1.807, 2.05) is 66.7 Å². The van der Waals surface area contributed by atoms with E-state index in [0.717, 1.165) is 28.0 Å². The van der Waals surface area contributed by atoms with Crippen LogP contribution in [0.3, 0.4) is 0 Å². The molecule has 0 saturated carbocycles. The van der Waals surface area contributed by atoms with Gasteiger partial charge in [0, 0.05) is 6.42 Å². The highest BCUT2D eigenvalue weighted by atomic mass is 32.2. The number of carbonyl (C=O) groups is 5. The van der Waals surface area contributed by atoms with Crippen molar-refractivity contribution in [3.05, 3.63) is 156 Å². The van der Waals surface area contributed by atoms with Crippen molar-refractivity contribution in [2.75, 3.05) is 19.4 Å². The third-order valence-corrected chi connectivity index (χ3v) is 11.0. The molecule has 0 aromatic heterocycles. The fourth-order valence-corrected chi connectivity index (χ4v) is 7.88. The zero-order valence-electron chi connectivity index (χ0n) is 33.4. The van der Waals surface area contributed by atoms with Gasteiger partial charge in [0.15, 0.2) is 0 Å². The zero-order chi connectivity index (χ0) is 41.9. The Hall–Kier alpha value is -5.72. The molecule has 5 N–H and O–H groups in total. The largest absolute Gasteiger partial charge is 0.468 e. The molecular formula is C46H54N4O7S. The molecule has 4 aromatic carbocycles. The fraction of sp³-hybridized carbons (Fsp3) is 0.326. The number of thioether (sulfide) groups is 1. The highest BCUT2D eigenvalue weighted by Gasteiger charge is 2.36. The van der Waals surface area contributed by atoms with Crippen LogP contribution in [-0.2, 0) is 39.9 Å². The second kappa shape index (κ2) is 22.9. The third-order valence-electron chi connectivity index (χ3n) is 9.46. The number of ether oxygens (including phenoxy) is 1. The molecular weight excluding hydrogens is 753 g/mol. The molecule has 0 aliphatic carbocycles. The van der Waals surface area contributed by atoms with E-state index >= 15 is 0 Å². The monoisotopic (exact) mass is 806 g/mol. The van der Waals surface area contributed by atoms with Crippen molar-refractivity contribution in [3.8, 4) is 0 Å². The fourth-order valence-electron chi connectivity index (χ4n) is 6.41. The lowest BCUT2D eigenvalue weighted by Gasteiger charge is -2.35. The Bertz CT molecular complexity index is 1850. The van der Waals surface area contributed by atoms with Crippen molar-refractivity contribution in [3.63, 3.8) is 0 Å². The Kier molecular flexibility index (Phi) is 17.7. The molecule has 0 aliphatic heterocycles. The molecule has 0 aliphatic rings. The molecule has 58 heavy (non-hydrogen) atoms. The second-order valence-electron chi connectivity index (χ2n) is 14.2. The summed E-state index contributed by atoms with van der Waals surface area (Å²) in [6.07, 6.45) is 2.84. The van der Waals surface area contributed by atoms with Gasteiger partial charge in [0.05, 0.1) is 24.4 Å². The summed E-state index contributed by atoms with van der Waals surface area (Å²) in [7, 11) is 1.20. The van der Waals surface area contributed by atoms with Gasteiger partial charge < -0.3 is 31.1 Å². The quantitative estimate of drug-likeness (QED) is 0.0338. The van der Waals surface area contributed by atoms with Gasteiger partial charge in [0.2, 0.25) is 23.6 Å². The summed E-state index contributed by atoms with van der Waals surface area (Å²) in [4.78, 5) is 64.3. The molecule has 0 saturated heterocycles. The Balaban J connectivity index is 1.35. The van der Waals surface area contributed by atoms with E-state index in [0.29, 0.717) is 6.42 Å². The first kappa shape index (κ1) is 45.0. The normalized spacial score (nSPS) is 13.5. The van der Waals surface area contributed by atoms with Crippen molar-refractivity contribution in [1.82, 2.24) is 21.3 Å². The maximum Gasteiger partial charge on any atom is 0.325 e. The summed E-state index contributed by atoms with van der Waals surface area (Å²) in [5.74, 6) is -2.63. The second-order valence-corrected chi connectivity index (χ2v) is 15.5. The van der Waals surface area contributed by atoms with Gasteiger partial charge in [-0.1, -0.05) is 147 Å². The predicted molar refractivity (Wildman–Crippen MR) is 228 cm³/mol. The van der Waals surface area contributed by atoms with Crippen LogP contribution in [0.15, 0.2) is 133 Å². The molecule has 0 heterocycles. The number of methoxy groups -OCH3 is 1. The molecule has 11 nitrogen and oxygen atoms in total. The average molecular weight is 807 g/mol. The summed E-state index contributed by atoms with van der Waals surface area (Å²) in [5.41, 5.74) is 4.23. The third kappa shape index (κ3) is 13.2. The minimum Gasteiger partial charge on any atom is -0.468 e. The zero-order valence-corrected chi connectivity index (χ0v) is 34.2. The summed E-state index contributed by atoms with van der Waals surface area (Å²) in [6, 6.07) is 37.1. The molecule has 0 bridgehead atoms. The van der Waals surface area contributed by atoms with E-state index in [9.17, 15) is 29.1 Å². The summed E-state index contributed by atoms with van der Waals surface area (Å²) >= 11 is 1.80. The molecule has 306 valence electrons. The number of esters is 1. The molecule has 12 heteroatoms. The maximum atomic E-state index is 13.6. The van der Waals surface area contributed by atoms with E-state index in [1.165, 1.54) is 14.0 Å². The van der Waals surface area contributed by atoms with Crippen LogP contribution < -0.4 is 21.3 Å². The lowest BCUT2D eigenvalue weighted by molar-refractivity contribution is -0.141. The number of hydrogen-bond acceptors (Lipinski definition) is 8. The number of allylic oxidation sites excluding steroid dienone is 1. The molecule has 4 atom stereocenters. The first-order valence-electron chi connectivity index (χ1n) is 19.4. The van der Waals surface area contributed by atoms with Gasteiger partial charge in [-0.05, 0) is 47.3 Å². The minimum atomic E-state index is -1.10. The van der Waals surface area contributed by atoms with Crippen LogP contribution >= 0.6 is 11.8 Å². The van der Waals surface area contributed by atoms with Crippen molar-refractivity contribution in [1.29, 1.82) is 0 Å². The highest BCUT2D eigenvalue weighted by Crippen LogP contribution is 2.48. The van der Waals surface area contributed by atoms with Gasteiger partial charge in [-0.3, -0.25) is 24.0 Å². The topological polar surface area (TPSA) is 163 Å². The number of amides is 4. The van der Waals surface area contributed by atoms with E-state index in [4.69, 9.17) is 0 Å². The van der Waals surface area contributed by atoms with Crippen molar-refractivity contribution >= 4 is 41.4 Å². The number of carbonyl (C=O) groups excluding carboxylic acids is 5. The summed E-state index contributed by atoms with van der Waals surface area (Å²) in [5, 5.41) is 21.2. The minimum absolute atomic E-state index is 0.110. The number of nitrogens with one attached hydrogen (secondary N) is 4. The van der Waals surface area contributed by atoms with Gasteiger partial charge in [0.1, 0.15) is 24.7 Å². The molecule has 0 unspecified atom stereocenters. The van der Waals surface area contributed by atoms with Crippen LogP contribution in [0.2, 0.25) is 0 Å². The van der Waals surface area contributed by atoms with Gasteiger partial charge in [-0.15, -0.1) is 11.8 Å². The van der Waals surface area contributed by atoms with E-state index < -0.39 is 58.6 Å². The van der Waals surface area contributed by atoms with E-state index in [1.54, 1.807) is 56.0 Å². The first-order chi connectivity index (χ1) is 27.9. The van der Waals surface area contributed by atoms with Crippen LogP contribution in [0.25, 0.3) is 0 Å². The van der Waals surface area contributed by atoms with Crippen LogP contribution in [0, 0.1) is 5.92 Å². The average Bonchev–Trinajstić information content (AvgIpc) is 3.23.